The van der Waals surface area contributed by atoms with Crippen LogP contribution in [0.5, 0.6) is 5.75 Å². The summed E-state index contributed by atoms with van der Waals surface area (Å²) in [6, 6.07) is 18.6. The number of likely N-dealkylation sites (tertiary alicyclic amines) is 1. The minimum Gasteiger partial charge on any atom is -0.495 e. The lowest BCUT2D eigenvalue weighted by Gasteiger charge is -2.25. The van der Waals surface area contributed by atoms with Crippen LogP contribution in [-0.2, 0) is 21.4 Å². The summed E-state index contributed by atoms with van der Waals surface area (Å²) in [5.41, 5.74) is 1.39. The number of sulfonamides is 1. The molecule has 0 spiro atoms. The Balaban J connectivity index is 1.43. The number of fused-ring (bicyclic) bond motifs is 2. The van der Waals surface area contributed by atoms with Crippen LogP contribution < -0.4 is 10.3 Å². The average molecular weight is 492 g/mol. The van der Waals surface area contributed by atoms with E-state index in [4.69, 9.17) is 4.74 Å². The van der Waals surface area contributed by atoms with Crippen LogP contribution in [0.15, 0.2) is 76.4 Å². The first kappa shape index (κ1) is 23.1. The first-order valence-electron chi connectivity index (χ1n) is 11.2. The van der Waals surface area contributed by atoms with Gasteiger partial charge < -0.3 is 14.6 Å². The average Bonchev–Trinajstić information content (AvgIpc) is 3.22. The van der Waals surface area contributed by atoms with Gasteiger partial charge in [0.05, 0.1) is 7.11 Å². The van der Waals surface area contributed by atoms with Gasteiger partial charge in [0.25, 0.3) is 0 Å². The van der Waals surface area contributed by atoms with Gasteiger partial charge in [-0.2, -0.15) is 4.31 Å². The molecule has 3 aromatic carbocycles. The predicted molar refractivity (Wildman–Crippen MR) is 134 cm³/mol. The van der Waals surface area contributed by atoms with Gasteiger partial charge in [-0.05, 0) is 35.6 Å². The third kappa shape index (κ3) is 3.96. The number of nitrogens with one attached hydrogen (secondary N) is 1. The first-order valence-corrected chi connectivity index (χ1v) is 12.7. The van der Waals surface area contributed by atoms with Crippen LogP contribution in [0.3, 0.4) is 0 Å². The zero-order chi connectivity index (χ0) is 24.7. The van der Waals surface area contributed by atoms with Gasteiger partial charge >= 0.3 is 0 Å². The van der Waals surface area contributed by atoms with Crippen molar-refractivity contribution in [3.05, 3.63) is 82.6 Å². The van der Waals surface area contributed by atoms with Gasteiger partial charge in [0.15, 0.2) is 0 Å². The number of ether oxygens (including phenoxy) is 1. The van der Waals surface area contributed by atoms with Crippen molar-refractivity contribution < 1.29 is 17.9 Å². The van der Waals surface area contributed by atoms with E-state index in [0.717, 1.165) is 20.6 Å². The van der Waals surface area contributed by atoms with E-state index < -0.39 is 16.1 Å². The molecule has 1 N–H and O–H groups in total. The molecule has 4 aromatic rings. The highest BCUT2D eigenvalue weighted by Crippen LogP contribution is 2.35. The van der Waals surface area contributed by atoms with E-state index in [9.17, 15) is 18.0 Å². The van der Waals surface area contributed by atoms with Gasteiger partial charge in [-0.1, -0.05) is 42.5 Å². The third-order valence-corrected chi connectivity index (χ3v) is 8.52. The maximum atomic E-state index is 13.6. The number of aromatic nitrogens is 1. The molecule has 0 aliphatic carbocycles. The molecule has 1 fully saturated rings. The van der Waals surface area contributed by atoms with E-state index in [-0.39, 0.29) is 22.1 Å². The van der Waals surface area contributed by atoms with Gasteiger partial charge in [-0.15, -0.1) is 0 Å². The fraction of sp³-hybridized carbons (Fsp3) is 0.231. The van der Waals surface area contributed by atoms with E-state index in [1.807, 2.05) is 42.5 Å². The Morgan fingerprint density at radius 2 is 1.80 bits per heavy atom. The summed E-state index contributed by atoms with van der Waals surface area (Å²) in [4.78, 5) is 29.5. The molecule has 180 valence electrons. The number of hydrogen-bond acceptors (Lipinski definition) is 5. The fourth-order valence-electron chi connectivity index (χ4n) is 4.77. The van der Waals surface area contributed by atoms with Crippen LogP contribution in [0, 0.1) is 0 Å². The number of nitrogens with zero attached hydrogens (tertiary/aromatic N) is 2. The fourth-order valence-corrected chi connectivity index (χ4v) is 6.28. The van der Waals surface area contributed by atoms with Crippen molar-refractivity contribution in [1.29, 1.82) is 0 Å². The van der Waals surface area contributed by atoms with Crippen molar-refractivity contribution in [3.63, 3.8) is 0 Å². The SMILES string of the molecule is COc1c(S(=O)(=O)N(C)[C@H]2CCN(Cc3cccc4[nH]c(=O)ccc34)C2=O)ccc2ccccc12. The van der Waals surface area contributed by atoms with Crippen LogP contribution in [0.4, 0.5) is 0 Å². The second kappa shape index (κ2) is 8.83. The number of hydrogen-bond donors (Lipinski definition) is 1. The maximum absolute atomic E-state index is 13.6. The summed E-state index contributed by atoms with van der Waals surface area (Å²) in [6.45, 7) is 0.754. The van der Waals surface area contributed by atoms with Crippen molar-refractivity contribution in [1.82, 2.24) is 14.2 Å². The molecule has 1 amide bonds. The summed E-state index contributed by atoms with van der Waals surface area (Å²) in [5.74, 6) is 0.0132. The third-order valence-electron chi connectivity index (χ3n) is 6.63. The van der Waals surface area contributed by atoms with E-state index in [1.165, 1.54) is 26.3 Å². The van der Waals surface area contributed by atoms with E-state index in [0.29, 0.717) is 30.4 Å². The van der Waals surface area contributed by atoms with E-state index in [1.54, 1.807) is 17.0 Å². The number of pyridine rings is 1. The number of amides is 1. The highest BCUT2D eigenvalue weighted by molar-refractivity contribution is 7.89. The number of H-pyrrole nitrogens is 1. The van der Waals surface area contributed by atoms with Gasteiger partial charge in [0.1, 0.15) is 16.7 Å². The summed E-state index contributed by atoms with van der Waals surface area (Å²) in [6.07, 6.45) is 0.381. The van der Waals surface area contributed by atoms with E-state index in [2.05, 4.69) is 4.98 Å². The number of likely N-dealkylation sites (N-methyl/N-ethyl adjacent to an activating group) is 1. The Hall–Kier alpha value is -3.69. The Morgan fingerprint density at radius 1 is 1.00 bits per heavy atom. The molecule has 1 saturated heterocycles. The molecule has 2 heterocycles. The Morgan fingerprint density at radius 3 is 2.60 bits per heavy atom. The highest BCUT2D eigenvalue weighted by Gasteiger charge is 2.40. The molecule has 1 aliphatic heterocycles. The standard InChI is InChI=1S/C26H25N3O5S/c1-28(35(32,33)23-12-10-17-6-3-4-8-20(17)25(23)34-2)22-14-15-29(26(22)31)16-18-7-5-9-21-19(18)11-13-24(30)27-21/h3-13,22H,14-16H2,1-2H3,(H,27,30)/t22-/m0/s1. The van der Waals surface area contributed by atoms with Crippen molar-refractivity contribution >= 4 is 37.6 Å². The molecule has 1 aromatic heterocycles. The number of aromatic amines is 1. The quantitative estimate of drug-likeness (QED) is 0.447. The Bertz CT molecular complexity index is 1610. The molecular weight excluding hydrogens is 466 g/mol. The van der Waals surface area contributed by atoms with Crippen LogP contribution in [0.2, 0.25) is 0 Å². The van der Waals surface area contributed by atoms with Crippen LogP contribution in [0.1, 0.15) is 12.0 Å². The number of benzene rings is 3. The van der Waals surface area contributed by atoms with Gasteiger partial charge in [-0.25, -0.2) is 8.42 Å². The summed E-state index contributed by atoms with van der Waals surface area (Å²) < 4.78 is 33.9. The number of carbonyl (C=O) groups excluding carboxylic acids is 1. The number of carbonyl (C=O) groups is 1. The van der Waals surface area contributed by atoms with Gasteiger partial charge in [0, 0.05) is 42.5 Å². The molecular formula is C26H25N3O5S. The monoisotopic (exact) mass is 491 g/mol. The molecule has 35 heavy (non-hydrogen) atoms. The summed E-state index contributed by atoms with van der Waals surface area (Å²) >= 11 is 0. The molecule has 0 radical (unpaired) electrons. The first-order chi connectivity index (χ1) is 16.8. The maximum Gasteiger partial charge on any atom is 0.248 e. The summed E-state index contributed by atoms with van der Waals surface area (Å²) in [5, 5.41) is 2.41. The molecule has 0 unspecified atom stereocenters. The Labute approximate surface area is 202 Å². The Kier molecular flexibility index (Phi) is 5.82. The van der Waals surface area contributed by atoms with Gasteiger partial charge in [0.2, 0.25) is 21.5 Å². The van der Waals surface area contributed by atoms with Crippen molar-refractivity contribution in [2.45, 2.75) is 23.9 Å². The zero-order valence-corrected chi connectivity index (χ0v) is 20.2. The van der Waals surface area contributed by atoms with Crippen LogP contribution >= 0.6 is 0 Å². The molecule has 1 atom stereocenters. The lowest BCUT2D eigenvalue weighted by molar-refractivity contribution is -0.131. The lowest BCUT2D eigenvalue weighted by Crippen LogP contribution is -2.42. The second-order valence-corrected chi connectivity index (χ2v) is 10.6. The van der Waals surface area contributed by atoms with Crippen LogP contribution in [-0.4, -0.2) is 55.3 Å². The normalized spacial score (nSPS) is 16.5. The van der Waals surface area contributed by atoms with Gasteiger partial charge in [-0.3, -0.25) is 9.59 Å². The predicted octanol–water partition coefficient (Wildman–Crippen LogP) is 3.11. The van der Waals surface area contributed by atoms with E-state index >= 15 is 0 Å². The lowest BCUT2D eigenvalue weighted by atomic mass is 10.1. The zero-order valence-electron chi connectivity index (χ0n) is 19.4. The molecule has 5 rings (SSSR count). The molecule has 0 saturated carbocycles. The second-order valence-electron chi connectivity index (χ2n) is 8.60. The largest absolute Gasteiger partial charge is 0.495 e. The van der Waals surface area contributed by atoms with Crippen molar-refractivity contribution in [2.75, 3.05) is 20.7 Å². The van der Waals surface area contributed by atoms with Crippen molar-refractivity contribution in [2.24, 2.45) is 0 Å². The molecule has 9 heteroatoms. The highest BCUT2D eigenvalue weighted by atomic mass is 32.2. The minimum atomic E-state index is -4.00. The topological polar surface area (TPSA) is 99.8 Å². The summed E-state index contributed by atoms with van der Waals surface area (Å²) in [7, 11) is -1.12. The smallest absolute Gasteiger partial charge is 0.248 e. The minimum absolute atomic E-state index is 0.0328. The molecule has 0 bridgehead atoms. The van der Waals surface area contributed by atoms with Crippen LogP contribution in [0.25, 0.3) is 21.7 Å². The van der Waals surface area contributed by atoms with Crippen molar-refractivity contribution in [3.8, 4) is 5.75 Å². The molecule has 1 aliphatic rings. The number of methoxy groups -OCH3 is 1. The number of rotatable bonds is 6. The molecule has 8 nitrogen and oxygen atoms in total.